The van der Waals surface area contributed by atoms with Gasteiger partial charge in [-0.25, -0.2) is 0 Å². The molecule has 6 aromatic rings. The van der Waals surface area contributed by atoms with Crippen molar-refractivity contribution in [1.82, 2.24) is 4.98 Å². The normalized spacial score (nSPS) is 11.6. The molecule has 0 radical (unpaired) electrons. The van der Waals surface area contributed by atoms with E-state index in [2.05, 4.69) is 66.7 Å². The number of rotatable bonds is 2. The van der Waals surface area contributed by atoms with E-state index in [0.29, 0.717) is 0 Å². The number of benzene rings is 5. The Kier molecular flexibility index (Phi) is 3.59. The zero-order chi connectivity index (χ0) is 19.4. The monoisotopic (exact) mass is 389 g/mol. The predicted octanol–water partition coefficient (Wildman–Crippen LogP) is 7.97. The highest BCUT2D eigenvalue weighted by atomic mass is 35.5. The van der Waals surface area contributed by atoms with Gasteiger partial charge in [0.2, 0.25) is 0 Å². The average molecular weight is 390 g/mol. The van der Waals surface area contributed by atoms with E-state index in [9.17, 15) is 0 Å². The van der Waals surface area contributed by atoms with Crippen LogP contribution in [0.25, 0.3) is 54.7 Å². The lowest BCUT2D eigenvalue weighted by atomic mass is 9.86. The second kappa shape index (κ2) is 6.30. The molecule has 1 aromatic heterocycles. The van der Waals surface area contributed by atoms with Gasteiger partial charge in [0.25, 0.3) is 0 Å². The third-order valence-corrected chi connectivity index (χ3v) is 5.98. The summed E-state index contributed by atoms with van der Waals surface area (Å²) in [5.41, 5.74) is 4.46. The fraction of sp³-hybridized carbons (Fsp3) is 0. The molecule has 0 amide bonds. The Bertz CT molecular complexity index is 1470. The van der Waals surface area contributed by atoms with Gasteiger partial charge in [-0.2, -0.15) is 0 Å². The first-order chi connectivity index (χ1) is 14.3. The summed E-state index contributed by atoms with van der Waals surface area (Å²) in [6, 6.07) is 31.9. The van der Waals surface area contributed by atoms with Gasteiger partial charge in [-0.1, -0.05) is 72.3 Å². The molecule has 0 aliphatic heterocycles. The molecule has 0 atom stereocenters. The van der Waals surface area contributed by atoms with Crippen molar-refractivity contribution in [2.45, 2.75) is 0 Å². The van der Waals surface area contributed by atoms with Crippen molar-refractivity contribution in [2.24, 2.45) is 0 Å². The van der Waals surface area contributed by atoms with Crippen LogP contribution in [0, 0.1) is 0 Å². The van der Waals surface area contributed by atoms with Crippen LogP contribution in [0.15, 0.2) is 97.2 Å². The highest BCUT2D eigenvalue weighted by molar-refractivity contribution is 6.30. The number of hydrogen-bond acceptors (Lipinski definition) is 1. The molecular formula is C27H16ClN. The van der Waals surface area contributed by atoms with Gasteiger partial charge in [0.05, 0.1) is 5.69 Å². The molecule has 0 N–H and O–H groups in total. The van der Waals surface area contributed by atoms with Crippen molar-refractivity contribution in [3.8, 4) is 22.4 Å². The van der Waals surface area contributed by atoms with E-state index < -0.39 is 0 Å². The van der Waals surface area contributed by atoms with Crippen LogP contribution < -0.4 is 0 Å². The third kappa shape index (κ3) is 2.52. The van der Waals surface area contributed by atoms with Crippen LogP contribution >= 0.6 is 11.6 Å². The van der Waals surface area contributed by atoms with Crippen molar-refractivity contribution < 1.29 is 0 Å². The molecule has 0 aliphatic carbocycles. The summed E-state index contributed by atoms with van der Waals surface area (Å²) in [7, 11) is 0. The van der Waals surface area contributed by atoms with Gasteiger partial charge in [-0.05, 0) is 73.8 Å². The summed E-state index contributed by atoms with van der Waals surface area (Å²) in [5.74, 6) is 0. The molecule has 0 fully saturated rings. The van der Waals surface area contributed by atoms with Crippen molar-refractivity contribution in [3.05, 3.63) is 102 Å². The van der Waals surface area contributed by atoms with Crippen molar-refractivity contribution >= 4 is 43.9 Å². The first-order valence-electron chi connectivity index (χ1n) is 9.67. The van der Waals surface area contributed by atoms with Gasteiger partial charge in [0.15, 0.2) is 0 Å². The van der Waals surface area contributed by atoms with Crippen LogP contribution in [-0.4, -0.2) is 4.98 Å². The maximum atomic E-state index is 6.16. The summed E-state index contributed by atoms with van der Waals surface area (Å²) in [5, 5.41) is 8.38. The van der Waals surface area contributed by atoms with Gasteiger partial charge < -0.3 is 0 Å². The Morgan fingerprint density at radius 3 is 2.14 bits per heavy atom. The topological polar surface area (TPSA) is 12.9 Å². The molecule has 1 nitrogen and oxygen atoms in total. The molecule has 0 saturated carbocycles. The van der Waals surface area contributed by atoms with Gasteiger partial charge in [0, 0.05) is 16.8 Å². The number of halogens is 1. The summed E-state index contributed by atoms with van der Waals surface area (Å²) in [4.78, 5) is 4.71. The van der Waals surface area contributed by atoms with E-state index in [1.54, 1.807) is 0 Å². The molecule has 2 heteroatoms. The first kappa shape index (κ1) is 16.5. The number of aromatic nitrogens is 1. The third-order valence-electron chi connectivity index (χ3n) is 5.72. The summed E-state index contributed by atoms with van der Waals surface area (Å²) in [6.45, 7) is 0. The molecule has 0 spiro atoms. The highest BCUT2D eigenvalue weighted by Crippen LogP contribution is 2.44. The van der Waals surface area contributed by atoms with Gasteiger partial charge >= 0.3 is 0 Å². The number of hydrogen-bond donors (Lipinski definition) is 0. The zero-order valence-electron chi connectivity index (χ0n) is 15.6. The molecule has 0 saturated heterocycles. The number of pyridine rings is 1. The summed E-state index contributed by atoms with van der Waals surface area (Å²) >= 11 is 6.16. The van der Waals surface area contributed by atoms with Gasteiger partial charge in [-0.15, -0.1) is 0 Å². The van der Waals surface area contributed by atoms with E-state index in [1.165, 1.54) is 43.4 Å². The van der Waals surface area contributed by atoms with Crippen molar-refractivity contribution in [1.29, 1.82) is 0 Å². The largest absolute Gasteiger partial charge is 0.256 e. The maximum absolute atomic E-state index is 6.16. The average Bonchev–Trinajstić information content (AvgIpc) is 2.78. The Morgan fingerprint density at radius 2 is 1.38 bits per heavy atom. The fourth-order valence-corrected chi connectivity index (χ4v) is 4.58. The molecule has 29 heavy (non-hydrogen) atoms. The Balaban J connectivity index is 1.83. The lowest BCUT2D eigenvalue weighted by Crippen LogP contribution is -1.93. The zero-order valence-corrected chi connectivity index (χ0v) is 16.3. The van der Waals surface area contributed by atoms with Crippen molar-refractivity contribution in [2.75, 3.05) is 0 Å². The van der Waals surface area contributed by atoms with Crippen LogP contribution in [0.4, 0.5) is 0 Å². The summed E-state index contributed by atoms with van der Waals surface area (Å²) in [6.07, 6.45) is 1.86. The quantitative estimate of drug-likeness (QED) is 0.273. The SMILES string of the molecule is Clc1ccc(-c2cc3ccc4cccc5ccc(c2-c2ccccn2)c3c45)cc1. The minimum Gasteiger partial charge on any atom is -0.256 e. The second-order valence-electron chi connectivity index (χ2n) is 7.38. The van der Waals surface area contributed by atoms with Crippen LogP contribution in [-0.2, 0) is 0 Å². The standard InChI is InChI=1S/C27H16ClN/c28-21-12-9-17(10-13-21)23-16-20-8-7-18-4-3-5-19-11-14-22(26(20)25(18)19)27(23)24-6-1-2-15-29-24/h1-16H. The predicted molar refractivity (Wildman–Crippen MR) is 124 cm³/mol. The van der Waals surface area contributed by atoms with E-state index in [1.807, 2.05) is 30.5 Å². The molecule has 0 bridgehead atoms. The van der Waals surface area contributed by atoms with E-state index in [0.717, 1.165) is 16.3 Å². The molecule has 0 unspecified atom stereocenters. The minimum absolute atomic E-state index is 0.741. The highest BCUT2D eigenvalue weighted by Gasteiger charge is 2.17. The minimum atomic E-state index is 0.741. The van der Waals surface area contributed by atoms with Crippen LogP contribution in [0.2, 0.25) is 5.02 Å². The van der Waals surface area contributed by atoms with Crippen molar-refractivity contribution in [3.63, 3.8) is 0 Å². The number of nitrogens with zero attached hydrogens (tertiary/aromatic N) is 1. The van der Waals surface area contributed by atoms with E-state index in [-0.39, 0.29) is 0 Å². The summed E-state index contributed by atoms with van der Waals surface area (Å²) < 4.78 is 0. The second-order valence-corrected chi connectivity index (χ2v) is 7.81. The van der Waals surface area contributed by atoms with Crippen LogP contribution in [0.1, 0.15) is 0 Å². The van der Waals surface area contributed by atoms with E-state index >= 15 is 0 Å². The Labute approximate surface area is 173 Å². The molecule has 0 aliphatic rings. The smallest absolute Gasteiger partial charge is 0.0714 e. The van der Waals surface area contributed by atoms with Crippen LogP contribution in [0.3, 0.4) is 0 Å². The van der Waals surface area contributed by atoms with E-state index in [4.69, 9.17) is 16.6 Å². The van der Waals surface area contributed by atoms with Gasteiger partial charge in [-0.3, -0.25) is 4.98 Å². The molecule has 5 aromatic carbocycles. The fourth-order valence-electron chi connectivity index (χ4n) is 4.45. The lowest BCUT2D eigenvalue weighted by molar-refractivity contribution is 1.33. The van der Waals surface area contributed by atoms with Gasteiger partial charge in [0.1, 0.15) is 0 Å². The molecular weight excluding hydrogens is 374 g/mol. The Hall–Kier alpha value is -3.42. The molecule has 1 heterocycles. The Morgan fingerprint density at radius 1 is 0.621 bits per heavy atom. The molecule has 136 valence electrons. The first-order valence-corrected chi connectivity index (χ1v) is 10.1. The maximum Gasteiger partial charge on any atom is 0.0714 e. The lowest BCUT2D eigenvalue weighted by Gasteiger charge is -2.18. The molecule has 6 rings (SSSR count). The van der Waals surface area contributed by atoms with Crippen LogP contribution in [0.5, 0.6) is 0 Å².